The van der Waals surface area contributed by atoms with Gasteiger partial charge in [-0.1, -0.05) is 30.3 Å². The van der Waals surface area contributed by atoms with Crippen LogP contribution in [0.2, 0.25) is 0 Å². The molecule has 0 bridgehead atoms. The van der Waals surface area contributed by atoms with E-state index in [0.29, 0.717) is 18.5 Å². The van der Waals surface area contributed by atoms with Crippen LogP contribution in [0.3, 0.4) is 0 Å². The molecule has 2 N–H and O–H groups in total. The first-order chi connectivity index (χ1) is 8.29. The Hall–Kier alpha value is -1.35. The van der Waals surface area contributed by atoms with Crippen LogP contribution >= 0.6 is 0 Å². The first kappa shape index (κ1) is 12.1. The van der Waals surface area contributed by atoms with Crippen molar-refractivity contribution >= 4 is 5.91 Å². The third-order valence-corrected chi connectivity index (χ3v) is 3.17. The van der Waals surface area contributed by atoms with E-state index in [1.807, 2.05) is 6.07 Å². The van der Waals surface area contributed by atoms with Crippen LogP contribution in [-0.4, -0.2) is 25.5 Å². The first-order valence-corrected chi connectivity index (χ1v) is 6.27. The van der Waals surface area contributed by atoms with Crippen molar-refractivity contribution in [2.45, 2.75) is 25.3 Å². The van der Waals surface area contributed by atoms with Crippen LogP contribution in [0.15, 0.2) is 30.3 Å². The average molecular weight is 232 g/mol. The molecular formula is C14H20N2O. The van der Waals surface area contributed by atoms with Crippen LogP contribution in [0.4, 0.5) is 0 Å². The van der Waals surface area contributed by atoms with E-state index in [4.69, 9.17) is 0 Å². The summed E-state index contributed by atoms with van der Waals surface area (Å²) in [6, 6.07) is 10.7. The second kappa shape index (κ2) is 5.82. The summed E-state index contributed by atoms with van der Waals surface area (Å²) < 4.78 is 0. The van der Waals surface area contributed by atoms with Crippen molar-refractivity contribution in [3.8, 4) is 0 Å². The van der Waals surface area contributed by atoms with Gasteiger partial charge in [0.1, 0.15) is 0 Å². The highest BCUT2D eigenvalue weighted by Crippen LogP contribution is 2.34. The Morgan fingerprint density at radius 2 is 2.06 bits per heavy atom. The van der Waals surface area contributed by atoms with Crippen LogP contribution in [0, 0.1) is 5.92 Å². The van der Waals surface area contributed by atoms with E-state index in [9.17, 15) is 4.79 Å². The summed E-state index contributed by atoms with van der Waals surface area (Å²) in [5.74, 6) is 0.774. The first-order valence-electron chi connectivity index (χ1n) is 6.27. The molecule has 0 aromatic heterocycles. The molecule has 1 amide bonds. The molecule has 0 heterocycles. The number of likely N-dealkylation sites (N-methyl/N-ethyl adjacent to an activating group) is 1. The van der Waals surface area contributed by atoms with Crippen molar-refractivity contribution in [3.05, 3.63) is 35.9 Å². The summed E-state index contributed by atoms with van der Waals surface area (Å²) in [6.45, 7) is 0.401. The van der Waals surface area contributed by atoms with Crippen LogP contribution in [0.1, 0.15) is 18.4 Å². The van der Waals surface area contributed by atoms with Gasteiger partial charge >= 0.3 is 0 Å². The number of carbonyl (C=O) groups is 1. The minimum absolute atomic E-state index is 0.0975. The van der Waals surface area contributed by atoms with Gasteiger partial charge in [0.2, 0.25) is 5.91 Å². The number of amides is 1. The maximum Gasteiger partial charge on any atom is 0.234 e. The lowest BCUT2D eigenvalue weighted by Gasteiger charge is -2.18. The molecule has 1 aromatic rings. The predicted molar refractivity (Wildman–Crippen MR) is 68.7 cm³/mol. The maximum absolute atomic E-state index is 11.6. The normalized spacial score (nSPS) is 16.5. The van der Waals surface area contributed by atoms with E-state index >= 15 is 0 Å². The summed E-state index contributed by atoms with van der Waals surface area (Å²) in [7, 11) is 1.79. The zero-order valence-electron chi connectivity index (χ0n) is 10.3. The number of benzene rings is 1. The van der Waals surface area contributed by atoms with E-state index < -0.39 is 0 Å². The van der Waals surface area contributed by atoms with Crippen LogP contribution in [0.25, 0.3) is 0 Å². The van der Waals surface area contributed by atoms with E-state index in [-0.39, 0.29) is 5.91 Å². The standard InChI is InChI=1S/C14H20N2O/c1-15-10-14(17)16-13(12-7-8-12)9-11-5-3-2-4-6-11/h2-6,12-13,15H,7-10H2,1H3,(H,16,17). The monoisotopic (exact) mass is 232 g/mol. The molecule has 17 heavy (non-hydrogen) atoms. The maximum atomic E-state index is 11.6. The fraction of sp³-hybridized carbons (Fsp3) is 0.500. The highest BCUT2D eigenvalue weighted by atomic mass is 16.1. The molecule has 3 nitrogen and oxygen atoms in total. The number of carbonyl (C=O) groups excluding carboxylic acids is 1. The largest absolute Gasteiger partial charge is 0.352 e. The molecule has 0 aliphatic heterocycles. The molecule has 3 heteroatoms. The molecule has 1 aliphatic rings. The minimum Gasteiger partial charge on any atom is -0.352 e. The molecule has 1 atom stereocenters. The lowest BCUT2D eigenvalue weighted by atomic mass is 10.0. The van der Waals surface area contributed by atoms with Gasteiger partial charge in [0.15, 0.2) is 0 Å². The minimum atomic E-state index is 0.0975. The molecule has 0 saturated heterocycles. The molecule has 0 spiro atoms. The number of hydrogen-bond donors (Lipinski definition) is 2. The van der Waals surface area contributed by atoms with Gasteiger partial charge in [0, 0.05) is 6.04 Å². The number of hydrogen-bond acceptors (Lipinski definition) is 2. The third kappa shape index (κ3) is 3.86. The van der Waals surface area contributed by atoms with Gasteiger partial charge in [-0.15, -0.1) is 0 Å². The molecular weight excluding hydrogens is 212 g/mol. The summed E-state index contributed by atoms with van der Waals surface area (Å²) in [6.07, 6.45) is 3.44. The lowest BCUT2D eigenvalue weighted by molar-refractivity contribution is -0.121. The van der Waals surface area contributed by atoms with E-state index in [1.54, 1.807) is 7.05 Å². The van der Waals surface area contributed by atoms with Crippen molar-refractivity contribution in [2.24, 2.45) is 5.92 Å². The van der Waals surface area contributed by atoms with Crippen LogP contribution in [0.5, 0.6) is 0 Å². The average Bonchev–Trinajstić information content (AvgIpc) is 3.14. The van der Waals surface area contributed by atoms with Crippen molar-refractivity contribution < 1.29 is 4.79 Å². The van der Waals surface area contributed by atoms with Gasteiger partial charge in [0.25, 0.3) is 0 Å². The summed E-state index contributed by atoms with van der Waals surface area (Å²) >= 11 is 0. The van der Waals surface area contributed by atoms with Crippen molar-refractivity contribution in [3.63, 3.8) is 0 Å². The fourth-order valence-electron chi connectivity index (χ4n) is 2.12. The van der Waals surface area contributed by atoms with Crippen molar-refractivity contribution in [1.82, 2.24) is 10.6 Å². The highest BCUT2D eigenvalue weighted by molar-refractivity contribution is 5.78. The third-order valence-electron chi connectivity index (χ3n) is 3.17. The lowest BCUT2D eigenvalue weighted by Crippen LogP contribution is -2.42. The summed E-state index contributed by atoms with van der Waals surface area (Å²) in [5, 5.41) is 6.01. The van der Waals surface area contributed by atoms with Gasteiger partial charge in [-0.05, 0) is 37.8 Å². The van der Waals surface area contributed by atoms with Gasteiger partial charge < -0.3 is 10.6 Å². The Kier molecular flexibility index (Phi) is 4.15. The Labute approximate surface area is 103 Å². The SMILES string of the molecule is CNCC(=O)NC(Cc1ccccc1)C1CC1. The Bertz CT molecular complexity index is 360. The quantitative estimate of drug-likeness (QED) is 0.777. The summed E-state index contributed by atoms with van der Waals surface area (Å²) in [5.41, 5.74) is 1.30. The van der Waals surface area contributed by atoms with Gasteiger partial charge in [-0.2, -0.15) is 0 Å². The topological polar surface area (TPSA) is 41.1 Å². The summed E-state index contributed by atoms with van der Waals surface area (Å²) in [4.78, 5) is 11.6. The predicted octanol–water partition coefficient (Wildman–Crippen LogP) is 1.34. The molecule has 1 unspecified atom stereocenters. The zero-order chi connectivity index (χ0) is 12.1. The van der Waals surface area contributed by atoms with E-state index in [1.165, 1.54) is 18.4 Å². The van der Waals surface area contributed by atoms with Gasteiger partial charge in [-0.25, -0.2) is 0 Å². The Balaban J connectivity index is 1.91. The smallest absolute Gasteiger partial charge is 0.234 e. The number of rotatable bonds is 6. The second-order valence-electron chi connectivity index (χ2n) is 4.73. The molecule has 1 saturated carbocycles. The molecule has 92 valence electrons. The van der Waals surface area contributed by atoms with E-state index in [2.05, 4.69) is 34.9 Å². The molecule has 1 fully saturated rings. The van der Waals surface area contributed by atoms with Gasteiger partial charge in [0.05, 0.1) is 6.54 Å². The number of nitrogens with one attached hydrogen (secondary N) is 2. The van der Waals surface area contributed by atoms with Crippen LogP contribution < -0.4 is 10.6 Å². The second-order valence-corrected chi connectivity index (χ2v) is 4.73. The molecule has 1 aliphatic carbocycles. The van der Waals surface area contributed by atoms with Crippen molar-refractivity contribution in [2.75, 3.05) is 13.6 Å². The van der Waals surface area contributed by atoms with Crippen molar-refractivity contribution in [1.29, 1.82) is 0 Å². The van der Waals surface area contributed by atoms with Crippen LogP contribution in [-0.2, 0) is 11.2 Å². The molecule has 0 radical (unpaired) electrons. The molecule has 1 aromatic carbocycles. The molecule has 2 rings (SSSR count). The zero-order valence-corrected chi connectivity index (χ0v) is 10.3. The Morgan fingerprint density at radius 1 is 1.35 bits per heavy atom. The fourth-order valence-corrected chi connectivity index (χ4v) is 2.12. The van der Waals surface area contributed by atoms with E-state index in [0.717, 1.165) is 6.42 Å². The Morgan fingerprint density at radius 3 is 2.65 bits per heavy atom. The highest BCUT2D eigenvalue weighted by Gasteiger charge is 2.32. The van der Waals surface area contributed by atoms with Gasteiger partial charge in [-0.3, -0.25) is 4.79 Å².